The fraction of sp³-hybridized carbons (Fsp3) is 0.455. The summed E-state index contributed by atoms with van der Waals surface area (Å²) in [5, 5.41) is 9.71. The molecule has 0 radical (unpaired) electrons. The number of carbonyl (C=O) groups excluding carboxylic acids is 2. The van der Waals surface area contributed by atoms with Crippen LogP contribution in [-0.4, -0.2) is 52.8 Å². The number of methoxy groups -OCH3 is 1. The van der Waals surface area contributed by atoms with Crippen LogP contribution in [0.2, 0.25) is 0 Å². The first-order chi connectivity index (χ1) is 19.1. The number of pyridine rings is 1. The molecule has 0 bridgehead atoms. The number of likely N-dealkylation sites (N-methyl/N-ethyl adjacent to an activating group) is 1. The number of ketones is 1. The number of hydrogen-bond acceptors (Lipinski definition) is 6. The minimum absolute atomic E-state index is 0.0226. The molecule has 8 heteroatoms. The molecule has 0 saturated carbocycles. The van der Waals surface area contributed by atoms with Crippen molar-refractivity contribution in [3.05, 3.63) is 69.3 Å². The molecule has 41 heavy (non-hydrogen) atoms. The Hall–Kier alpha value is -3.94. The summed E-state index contributed by atoms with van der Waals surface area (Å²) >= 11 is 0. The van der Waals surface area contributed by atoms with Crippen molar-refractivity contribution in [2.24, 2.45) is 10.8 Å². The van der Waals surface area contributed by atoms with Gasteiger partial charge >= 0.3 is 5.97 Å². The summed E-state index contributed by atoms with van der Waals surface area (Å²) in [5.74, 6) is -0.284. The van der Waals surface area contributed by atoms with Gasteiger partial charge in [0.1, 0.15) is 17.3 Å². The number of aryl methyl sites for hydroxylation is 1. The first kappa shape index (κ1) is 28.6. The maximum absolute atomic E-state index is 14.0. The van der Waals surface area contributed by atoms with Crippen LogP contribution >= 0.6 is 0 Å². The Balaban J connectivity index is 1.82. The van der Waals surface area contributed by atoms with Crippen molar-refractivity contribution in [2.45, 2.75) is 73.3 Å². The Labute approximate surface area is 241 Å². The van der Waals surface area contributed by atoms with Crippen LogP contribution in [0.15, 0.2) is 46.9 Å². The normalized spacial score (nSPS) is 22.0. The zero-order valence-electron chi connectivity index (χ0n) is 25.3. The van der Waals surface area contributed by atoms with Crippen molar-refractivity contribution in [1.29, 1.82) is 0 Å². The first-order valence-corrected chi connectivity index (χ1v) is 13.9. The third-order valence-electron chi connectivity index (χ3n) is 8.52. The maximum atomic E-state index is 14.0. The van der Waals surface area contributed by atoms with E-state index in [1.54, 1.807) is 44.2 Å². The zero-order valence-corrected chi connectivity index (χ0v) is 25.3. The van der Waals surface area contributed by atoms with E-state index in [1.165, 1.54) is 0 Å². The topological polar surface area (TPSA) is 106 Å². The molecule has 5 rings (SSSR count). The molecule has 1 N–H and O–H groups in total. The van der Waals surface area contributed by atoms with Gasteiger partial charge in [0.15, 0.2) is 11.5 Å². The van der Waals surface area contributed by atoms with Gasteiger partial charge < -0.3 is 19.5 Å². The Morgan fingerprint density at radius 3 is 2.39 bits per heavy atom. The van der Waals surface area contributed by atoms with Crippen LogP contribution in [0.4, 0.5) is 0 Å². The number of carboxylic acids is 1. The summed E-state index contributed by atoms with van der Waals surface area (Å²) < 4.78 is 12.5. The molecular formula is C33H38N2O6. The zero-order chi connectivity index (χ0) is 30.2. The van der Waals surface area contributed by atoms with Crippen LogP contribution in [0.1, 0.15) is 80.6 Å². The van der Waals surface area contributed by atoms with Gasteiger partial charge in [-0.25, -0.2) is 9.78 Å². The lowest BCUT2D eigenvalue weighted by Gasteiger charge is -2.40. The molecule has 2 atom stereocenters. The fourth-order valence-electron chi connectivity index (χ4n) is 6.76. The minimum atomic E-state index is -1.10. The lowest BCUT2D eigenvalue weighted by molar-refractivity contribution is -0.127. The first-order valence-electron chi connectivity index (χ1n) is 13.9. The van der Waals surface area contributed by atoms with Crippen molar-refractivity contribution in [1.82, 2.24) is 9.88 Å². The molecule has 3 heterocycles. The highest BCUT2D eigenvalue weighted by Gasteiger charge is 2.54. The number of amides is 1. The van der Waals surface area contributed by atoms with Gasteiger partial charge in [-0.05, 0) is 54.0 Å². The molecule has 1 aromatic carbocycles. The standard InChI is InChI=1S/C33H38N2O6/c1-16-10-12-19(34-27(16)31(38)39)18-11-13-21(40-9)23(17(18)2)25-24-20(36)14-33(6,7)15-22(24)41-28-26(25)30(37)35(8)29(28)32(3,4)5/h10-13,25,29H,14-15H2,1-9H3,(H,38,39)/t25-,29-/m0/s1. The third kappa shape index (κ3) is 4.53. The summed E-state index contributed by atoms with van der Waals surface area (Å²) in [6.45, 7) is 14.0. The Morgan fingerprint density at radius 2 is 1.78 bits per heavy atom. The molecule has 0 fully saturated rings. The van der Waals surface area contributed by atoms with Crippen LogP contribution < -0.4 is 4.74 Å². The van der Waals surface area contributed by atoms with Gasteiger partial charge in [-0.15, -0.1) is 0 Å². The highest BCUT2D eigenvalue weighted by molar-refractivity contribution is 6.07. The maximum Gasteiger partial charge on any atom is 0.354 e. The van der Waals surface area contributed by atoms with E-state index in [1.807, 2.05) is 13.0 Å². The number of aromatic nitrogens is 1. The Morgan fingerprint density at radius 1 is 1.10 bits per heavy atom. The van der Waals surface area contributed by atoms with E-state index in [2.05, 4.69) is 39.6 Å². The molecule has 2 aliphatic heterocycles. The quantitative estimate of drug-likeness (QED) is 0.493. The number of aromatic carboxylic acids is 1. The summed E-state index contributed by atoms with van der Waals surface area (Å²) in [6.07, 6.45) is 0.905. The molecule has 1 amide bonds. The van der Waals surface area contributed by atoms with Crippen LogP contribution in [0.25, 0.3) is 11.3 Å². The summed E-state index contributed by atoms with van der Waals surface area (Å²) in [4.78, 5) is 46.0. The summed E-state index contributed by atoms with van der Waals surface area (Å²) in [7, 11) is 3.35. The molecule has 216 valence electrons. The lowest BCUT2D eigenvalue weighted by atomic mass is 9.68. The van der Waals surface area contributed by atoms with Crippen molar-refractivity contribution < 1.29 is 29.0 Å². The average molecular weight is 559 g/mol. The van der Waals surface area contributed by atoms with Gasteiger partial charge in [-0.3, -0.25) is 9.59 Å². The lowest BCUT2D eigenvalue weighted by Crippen LogP contribution is -2.41. The largest absolute Gasteiger partial charge is 0.496 e. The highest BCUT2D eigenvalue weighted by atomic mass is 16.5. The molecule has 2 aromatic rings. The second-order valence-electron chi connectivity index (χ2n) is 13.3. The summed E-state index contributed by atoms with van der Waals surface area (Å²) in [6, 6.07) is 6.86. The molecule has 0 unspecified atom stereocenters. The van der Waals surface area contributed by atoms with Gasteiger partial charge in [0.25, 0.3) is 5.91 Å². The number of Topliss-reactive ketones (excluding diaryl/α,β-unsaturated/α-hetero) is 1. The van der Waals surface area contributed by atoms with E-state index in [4.69, 9.17) is 9.47 Å². The molecule has 1 aliphatic carbocycles. The number of rotatable bonds is 4. The number of hydrogen-bond donors (Lipinski definition) is 1. The Kier molecular flexibility index (Phi) is 6.67. The van der Waals surface area contributed by atoms with E-state index in [-0.39, 0.29) is 34.3 Å². The SMILES string of the molecule is COc1ccc(-c2ccc(C)c(C(=O)O)n2)c(C)c1[C@H]1C2=C(CC(C)(C)CC2=O)OC2=C1C(=O)N(C)[C@@H]2C(C)(C)C. The predicted molar refractivity (Wildman–Crippen MR) is 155 cm³/mol. The van der Waals surface area contributed by atoms with Crippen LogP contribution in [-0.2, 0) is 14.3 Å². The molecular weight excluding hydrogens is 520 g/mol. The van der Waals surface area contributed by atoms with Crippen LogP contribution in [0.5, 0.6) is 5.75 Å². The molecule has 0 saturated heterocycles. The predicted octanol–water partition coefficient (Wildman–Crippen LogP) is 5.97. The number of benzene rings is 1. The molecule has 3 aliphatic rings. The smallest absolute Gasteiger partial charge is 0.354 e. The van der Waals surface area contributed by atoms with Gasteiger partial charge in [0, 0.05) is 36.6 Å². The van der Waals surface area contributed by atoms with Gasteiger partial charge in [-0.2, -0.15) is 0 Å². The van der Waals surface area contributed by atoms with Crippen LogP contribution in [0.3, 0.4) is 0 Å². The van der Waals surface area contributed by atoms with Crippen molar-refractivity contribution in [3.63, 3.8) is 0 Å². The van der Waals surface area contributed by atoms with E-state index in [9.17, 15) is 19.5 Å². The summed E-state index contributed by atoms with van der Waals surface area (Å²) in [5.41, 5.74) is 3.53. The Bertz CT molecular complexity index is 1570. The number of ether oxygens (including phenoxy) is 2. The van der Waals surface area contributed by atoms with E-state index < -0.39 is 11.9 Å². The average Bonchev–Trinajstić information content (AvgIpc) is 3.11. The molecule has 1 aromatic heterocycles. The van der Waals surface area contributed by atoms with E-state index >= 15 is 0 Å². The van der Waals surface area contributed by atoms with Crippen LogP contribution in [0, 0.1) is 24.7 Å². The second-order valence-corrected chi connectivity index (χ2v) is 13.3. The van der Waals surface area contributed by atoms with Crippen molar-refractivity contribution in [2.75, 3.05) is 14.2 Å². The van der Waals surface area contributed by atoms with Gasteiger partial charge in [0.05, 0.1) is 30.3 Å². The van der Waals surface area contributed by atoms with Crippen molar-refractivity contribution in [3.8, 4) is 17.0 Å². The number of carboxylic acid groups (broad SMARTS) is 1. The van der Waals surface area contributed by atoms with E-state index in [0.717, 1.165) is 5.56 Å². The van der Waals surface area contributed by atoms with Crippen molar-refractivity contribution >= 4 is 17.7 Å². The fourth-order valence-corrected chi connectivity index (χ4v) is 6.76. The monoisotopic (exact) mass is 558 g/mol. The van der Waals surface area contributed by atoms with Gasteiger partial charge in [-0.1, -0.05) is 40.7 Å². The van der Waals surface area contributed by atoms with Gasteiger partial charge in [0.2, 0.25) is 0 Å². The van der Waals surface area contributed by atoms with E-state index in [0.29, 0.717) is 63.6 Å². The number of carbonyl (C=O) groups is 3. The number of allylic oxidation sites excluding steroid dienone is 2. The molecule has 0 spiro atoms. The minimum Gasteiger partial charge on any atom is -0.496 e. The second kappa shape index (κ2) is 9.57. The third-order valence-corrected chi connectivity index (χ3v) is 8.52. The molecule has 8 nitrogen and oxygen atoms in total. The highest BCUT2D eigenvalue weighted by Crippen LogP contribution is 2.55. The number of nitrogens with zero attached hydrogens (tertiary/aromatic N) is 2.